The minimum atomic E-state index is -0.143. The summed E-state index contributed by atoms with van der Waals surface area (Å²) in [5.74, 6) is -0.143. The fraction of sp³-hybridized carbons (Fsp3) is 0.500. The Morgan fingerprint density at radius 2 is 2.32 bits per heavy atom. The number of carbonyl (C=O) groups excluding carboxylic acids is 1. The second kappa shape index (κ2) is 8.19. The van der Waals surface area contributed by atoms with E-state index >= 15 is 0 Å². The largest absolute Gasteiger partial charge is 0.398 e. The maximum absolute atomic E-state index is 11.9. The highest BCUT2D eigenvalue weighted by Gasteiger charge is 2.21. The van der Waals surface area contributed by atoms with Crippen molar-refractivity contribution in [2.45, 2.75) is 18.9 Å². The van der Waals surface area contributed by atoms with Crippen LogP contribution < -0.4 is 11.1 Å². The molecule has 2 rings (SSSR count). The number of hydrogen-bond donors (Lipinski definition) is 2. The van der Waals surface area contributed by atoms with Gasteiger partial charge < -0.3 is 16.0 Å². The Hall–Kier alpha value is -1.04. The summed E-state index contributed by atoms with van der Waals surface area (Å²) in [6.07, 6.45) is 5.42. The first-order valence-corrected chi connectivity index (χ1v) is 5.86. The van der Waals surface area contributed by atoms with Crippen LogP contribution in [0.1, 0.15) is 23.2 Å². The number of nitrogens with two attached hydrogens (primary N) is 1. The van der Waals surface area contributed by atoms with E-state index in [4.69, 9.17) is 5.73 Å². The van der Waals surface area contributed by atoms with E-state index in [1.165, 1.54) is 12.6 Å². The van der Waals surface area contributed by atoms with E-state index in [-0.39, 0.29) is 30.7 Å². The molecule has 1 aromatic rings. The zero-order valence-corrected chi connectivity index (χ0v) is 12.5. The van der Waals surface area contributed by atoms with Crippen LogP contribution in [0.15, 0.2) is 18.5 Å². The van der Waals surface area contributed by atoms with Crippen LogP contribution in [0.4, 0.5) is 5.69 Å². The van der Waals surface area contributed by atoms with E-state index in [1.807, 2.05) is 0 Å². The van der Waals surface area contributed by atoms with Gasteiger partial charge in [-0.1, -0.05) is 0 Å². The van der Waals surface area contributed by atoms with E-state index < -0.39 is 0 Å². The van der Waals surface area contributed by atoms with Crippen molar-refractivity contribution >= 4 is 36.4 Å². The highest BCUT2D eigenvalue weighted by molar-refractivity contribution is 5.98. The fourth-order valence-electron chi connectivity index (χ4n) is 2.14. The molecular weight excluding hydrogens is 287 g/mol. The average molecular weight is 307 g/mol. The number of amides is 1. The first-order valence-electron chi connectivity index (χ1n) is 5.86. The van der Waals surface area contributed by atoms with Crippen LogP contribution in [0, 0.1) is 0 Å². The Kier molecular flexibility index (Phi) is 7.75. The lowest BCUT2D eigenvalue weighted by molar-refractivity contribution is 0.0944. The first-order chi connectivity index (χ1) is 8.18. The third kappa shape index (κ3) is 4.53. The lowest BCUT2D eigenvalue weighted by Crippen LogP contribution is -2.38. The van der Waals surface area contributed by atoms with Crippen LogP contribution in [0.5, 0.6) is 0 Å². The summed E-state index contributed by atoms with van der Waals surface area (Å²) < 4.78 is 0. The number of nitrogens with one attached hydrogen (secondary N) is 1. The highest BCUT2D eigenvalue weighted by atomic mass is 35.5. The van der Waals surface area contributed by atoms with Gasteiger partial charge in [-0.25, -0.2) is 0 Å². The van der Waals surface area contributed by atoms with Gasteiger partial charge in [0.2, 0.25) is 0 Å². The van der Waals surface area contributed by atoms with Gasteiger partial charge >= 0.3 is 0 Å². The molecule has 2 heterocycles. The molecule has 0 aromatic carbocycles. The van der Waals surface area contributed by atoms with E-state index in [1.54, 1.807) is 12.3 Å². The summed E-state index contributed by atoms with van der Waals surface area (Å²) in [5.41, 5.74) is 6.64. The van der Waals surface area contributed by atoms with Crippen LogP contribution in [-0.4, -0.2) is 42.0 Å². The summed E-state index contributed by atoms with van der Waals surface area (Å²) in [6.45, 7) is 1.78. The molecule has 7 heteroatoms. The maximum Gasteiger partial charge on any atom is 0.255 e. The quantitative estimate of drug-likeness (QED) is 0.884. The average Bonchev–Trinajstić information content (AvgIpc) is 2.72. The highest BCUT2D eigenvalue weighted by Crippen LogP contribution is 2.14. The number of likely N-dealkylation sites (N-methyl/N-ethyl adjacent to an activating group) is 1. The van der Waals surface area contributed by atoms with Crippen LogP contribution in [-0.2, 0) is 0 Å². The van der Waals surface area contributed by atoms with E-state index in [0.29, 0.717) is 23.8 Å². The number of nitrogen functional groups attached to an aromatic ring is 1. The van der Waals surface area contributed by atoms with Crippen LogP contribution in [0.3, 0.4) is 0 Å². The number of aromatic nitrogens is 1. The number of carbonyl (C=O) groups is 1. The summed E-state index contributed by atoms with van der Waals surface area (Å²) in [4.78, 5) is 18.1. The van der Waals surface area contributed by atoms with Crippen molar-refractivity contribution in [3.63, 3.8) is 0 Å². The molecule has 0 radical (unpaired) electrons. The van der Waals surface area contributed by atoms with Crippen LogP contribution in [0.25, 0.3) is 0 Å². The minimum absolute atomic E-state index is 0. The van der Waals surface area contributed by atoms with Gasteiger partial charge in [0, 0.05) is 30.7 Å². The lowest BCUT2D eigenvalue weighted by Gasteiger charge is -2.19. The van der Waals surface area contributed by atoms with E-state index in [9.17, 15) is 4.79 Å². The maximum atomic E-state index is 11.9. The minimum Gasteiger partial charge on any atom is -0.398 e. The topological polar surface area (TPSA) is 71.2 Å². The third-order valence-corrected chi connectivity index (χ3v) is 3.27. The van der Waals surface area contributed by atoms with E-state index in [0.717, 1.165) is 13.0 Å². The van der Waals surface area contributed by atoms with Crippen LogP contribution in [0.2, 0.25) is 0 Å². The Morgan fingerprint density at radius 1 is 1.58 bits per heavy atom. The van der Waals surface area contributed by atoms with Gasteiger partial charge in [-0.05, 0) is 32.5 Å². The second-order valence-electron chi connectivity index (χ2n) is 4.45. The zero-order valence-electron chi connectivity index (χ0n) is 10.8. The van der Waals surface area contributed by atoms with Gasteiger partial charge in [-0.15, -0.1) is 24.8 Å². The predicted octanol–water partition coefficient (Wildman–Crippen LogP) is 1.33. The number of rotatable bonds is 3. The van der Waals surface area contributed by atoms with Crippen molar-refractivity contribution in [3.05, 3.63) is 24.0 Å². The fourth-order valence-corrected chi connectivity index (χ4v) is 2.14. The molecule has 1 aromatic heterocycles. The van der Waals surface area contributed by atoms with Crippen LogP contribution >= 0.6 is 24.8 Å². The molecule has 1 fully saturated rings. The van der Waals surface area contributed by atoms with Gasteiger partial charge in [0.1, 0.15) is 0 Å². The molecule has 0 spiro atoms. The molecule has 1 aliphatic rings. The van der Waals surface area contributed by atoms with Crippen molar-refractivity contribution in [1.29, 1.82) is 0 Å². The van der Waals surface area contributed by atoms with Gasteiger partial charge in [-0.3, -0.25) is 9.78 Å². The second-order valence-corrected chi connectivity index (χ2v) is 4.45. The number of anilines is 1. The van der Waals surface area contributed by atoms with Crippen molar-refractivity contribution in [3.8, 4) is 0 Å². The summed E-state index contributed by atoms with van der Waals surface area (Å²) in [5, 5.41) is 2.91. The van der Waals surface area contributed by atoms with Crippen molar-refractivity contribution in [1.82, 2.24) is 15.2 Å². The molecule has 1 aliphatic heterocycles. The molecule has 1 unspecified atom stereocenters. The Morgan fingerprint density at radius 3 is 2.89 bits per heavy atom. The number of nitrogens with zero attached hydrogens (tertiary/aromatic N) is 2. The SMILES string of the molecule is CN1CCCC1CNC(=O)c1cnccc1N.Cl.Cl. The van der Waals surface area contributed by atoms with E-state index in [2.05, 4.69) is 22.2 Å². The molecule has 0 aliphatic carbocycles. The van der Waals surface area contributed by atoms with Crippen molar-refractivity contribution < 1.29 is 4.79 Å². The molecule has 3 N–H and O–H groups in total. The molecule has 0 saturated carbocycles. The Balaban J connectivity index is 0.00000162. The van der Waals surface area contributed by atoms with Crippen molar-refractivity contribution in [2.24, 2.45) is 0 Å². The van der Waals surface area contributed by atoms with Gasteiger partial charge in [0.25, 0.3) is 5.91 Å². The molecule has 108 valence electrons. The smallest absolute Gasteiger partial charge is 0.255 e. The molecule has 1 saturated heterocycles. The molecular formula is C12H20Cl2N4O. The number of likely N-dealkylation sites (tertiary alicyclic amines) is 1. The summed E-state index contributed by atoms with van der Waals surface area (Å²) in [6, 6.07) is 2.08. The number of hydrogen-bond acceptors (Lipinski definition) is 4. The molecule has 19 heavy (non-hydrogen) atoms. The van der Waals surface area contributed by atoms with Gasteiger partial charge in [-0.2, -0.15) is 0 Å². The number of pyridine rings is 1. The summed E-state index contributed by atoms with van der Waals surface area (Å²) >= 11 is 0. The first kappa shape index (κ1) is 18.0. The monoisotopic (exact) mass is 306 g/mol. The summed E-state index contributed by atoms with van der Waals surface area (Å²) in [7, 11) is 2.09. The lowest BCUT2D eigenvalue weighted by atomic mass is 10.2. The molecule has 5 nitrogen and oxygen atoms in total. The third-order valence-electron chi connectivity index (χ3n) is 3.27. The van der Waals surface area contributed by atoms with Gasteiger partial charge in [0.15, 0.2) is 0 Å². The van der Waals surface area contributed by atoms with Gasteiger partial charge in [0.05, 0.1) is 5.56 Å². The Bertz CT molecular complexity index is 416. The number of halogens is 2. The normalized spacial score (nSPS) is 18.3. The van der Waals surface area contributed by atoms with Crippen molar-refractivity contribution in [2.75, 3.05) is 25.9 Å². The zero-order chi connectivity index (χ0) is 12.3. The predicted molar refractivity (Wildman–Crippen MR) is 81.1 cm³/mol. The standard InChI is InChI=1S/C12H18N4O.2ClH/c1-16-6-2-3-9(16)7-15-12(17)10-8-14-5-4-11(10)13;;/h4-5,8-9H,2-3,6-7H2,1H3,(H2,13,14)(H,15,17);2*1H. The molecule has 0 bridgehead atoms. The molecule has 1 atom stereocenters. The Labute approximate surface area is 125 Å². The molecule has 1 amide bonds.